The van der Waals surface area contributed by atoms with Gasteiger partial charge in [-0.05, 0) is 73.8 Å². The van der Waals surface area contributed by atoms with Crippen molar-refractivity contribution in [1.29, 1.82) is 0 Å². The van der Waals surface area contributed by atoms with Crippen molar-refractivity contribution in [2.24, 2.45) is 5.16 Å². The summed E-state index contributed by atoms with van der Waals surface area (Å²) in [6, 6.07) is 17.4. The number of likely N-dealkylation sites (tertiary alicyclic amines) is 1. The van der Waals surface area contributed by atoms with Crippen LogP contribution in [0.15, 0.2) is 65.9 Å². The van der Waals surface area contributed by atoms with Crippen LogP contribution in [-0.4, -0.2) is 49.4 Å². The van der Waals surface area contributed by atoms with E-state index in [-0.39, 0.29) is 0 Å². The molecule has 0 radical (unpaired) electrons. The molecule has 0 unspecified atom stereocenters. The molecule has 1 aliphatic rings. The quantitative estimate of drug-likeness (QED) is 0.275. The number of pyridine rings is 1. The van der Waals surface area contributed by atoms with Gasteiger partial charge >= 0.3 is 0 Å². The van der Waals surface area contributed by atoms with Crippen molar-refractivity contribution in [3.63, 3.8) is 0 Å². The Labute approximate surface area is 200 Å². The first-order chi connectivity index (χ1) is 16.2. The maximum Gasteiger partial charge on any atom is 0.128 e. The Kier molecular flexibility index (Phi) is 7.97. The molecule has 0 amide bonds. The van der Waals surface area contributed by atoms with Crippen molar-refractivity contribution in [2.45, 2.75) is 12.8 Å². The average Bonchev–Trinajstić information content (AvgIpc) is 3.37. The molecule has 6 heteroatoms. The molecule has 1 saturated heterocycles. The molecular formula is C27H26ClN3O2. The lowest BCUT2D eigenvalue weighted by Gasteiger charge is -2.15. The number of ether oxygens (including phenoxy) is 1. The highest BCUT2D eigenvalue weighted by atomic mass is 35.5. The minimum atomic E-state index is 0.642. The van der Waals surface area contributed by atoms with Crippen LogP contribution in [0.5, 0.6) is 5.75 Å². The molecule has 0 bridgehead atoms. The lowest BCUT2D eigenvalue weighted by Crippen LogP contribution is -2.25. The largest absolute Gasteiger partial charge is 0.492 e. The van der Waals surface area contributed by atoms with Crippen molar-refractivity contribution in [2.75, 3.05) is 33.4 Å². The summed E-state index contributed by atoms with van der Waals surface area (Å²) >= 11 is 5.97. The number of oxime groups is 1. The van der Waals surface area contributed by atoms with Gasteiger partial charge in [0, 0.05) is 34.5 Å². The van der Waals surface area contributed by atoms with E-state index in [9.17, 15) is 0 Å². The predicted molar refractivity (Wildman–Crippen MR) is 133 cm³/mol. The molecule has 4 rings (SSSR count). The van der Waals surface area contributed by atoms with Crippen molar-refractivity contribution in [3.8, 4) is 28.7 Å². The molecule has 0 atom stereocenters. The van der Waals surface area contributed by atoms with E-state index in [1.165, 1.54) is 20.0 Å². The Balaban J connectivity index is 1.45. The first-order valence-electron chi connectivity index (χ1n) is 11.0. The summed E-state index contributed by atoms with van der Waals surface area (Å²) in [4.78, 5) is 11.8. The van der Waals surface area contributed by atoms with Gasteiger partial charge in [0.25, 0.3) is 0 Å². The molecule has 0 aliphatic carbocycles. The molecule has 0 saturated carbocycles. The summed E-state index contributed by atoms with van der Waals surface area (Å²) in [6.45, 7) is 3.89. The minimum absolute atomic E-state index is 0.642. The number of benzene rings is 2. The molecule has 0 spiro atoms. The van der Waals surface area contributed by atoms with Gasteiger partial charge in [0.15, 0.2) is 0 Å². The fourth-order valence-electron chi connectivity index (χ4n) is 3.68. The van der Waals surface area contributed by atoms with E-state index in [0.29, 0.717) is 17.3 Å². The molecule has 2 aromatic carbocycles. The van der Waals surface area contributed by atoms with Crippen LogP contribution in [-0.2, 0) is 4.84 Å². The lowest BCUT2D eigenvalue weighted by molar-refractivity contribution is 0.215. The number of halogens is 1. The van der Waals surface area contributed by atoms with Gasteiger partial charge in [0.05, 0.1) is 6.21 Å². The normalized spacial score (nSPS) is 13.6. The molecule has 1 aliphatic heterocycles. The molecule has 1 fully saturated rings. The second-order valence-corrected chi connectivity index (χ2v) is 8.19. The molecule has 33 heavy (non-hydrogen) atoms. The third-order valence-electron chi connectivity index (χ3n) is 5.45. The van der Waals surface area contributed by atoms with Crippen molar-refractivity contribution < 1.29 is 9.57 Å². The highest BCUT2D eigenvalue weighted by molar-refractivity contribution is 6.30. The zero-order valence-corrected chi connectivity index (χ0v) is 19.4. The van der Waals surface area contributed by atoms with Gasteiger partial charge in [0.2, 0.25) is 0 Å². The highest BCUT2D eigenvalue weighted by Gasteiger charge is 2.11. The average molecular weight is 460 g/mol. The molecule has 168 valence electrons. The van der Waals surface area contributed by atoms with Gasteiger partial charge in [-0.3, -0.25) is 4.90 Å². The van der Waals surface area contributed by atoms with Crippen LogP contribution in [0.4, 0.5) is 0 Å². The molecule has 0 N–H and O–H groups in total. The molecular weight excluding hydrogens is 434 g/mol. The van der Waals surface area contributed by atoms with E-state index < -0.39 is 0 Å². The van der Waals surface area contributed by atoms with Crippen molar-refractivity contribution >= 4 is 17.8 Å². The van der Waals surface area contributed by atoms with E-state index in [1.54, 1.807) is 6.21 Å². The molecule has 3 aromatic rings. The maximum atomic E-state index is 6.02. The van der Waals surface area contributed by atoms with Gasteiger partial charge in [0.1, 0.15) is 25.2 Å². The third-order valence-corrected chi connectivity index (χ3v) is 5.70. The summed E-state index contributed by atoms with van der Waals surface area (Å²) < 4.78 is 6.02. The Morgan fingerprint density at radius 1 is 1.03 bits per heavy atom. The van der Waals surface area contributed by atoms with Crippen molar-refractivity contribution in [3.05, 3.63) is 82.6 Å². The Morgan fingerprint density at radius 2 is 1.82 bits per heavy atom. The fraction of sp³-hybridized carbons (Fsp3) is 0.259. The van der Waals surface area contributed by atoms with Crippen LogP contribution >= 0.6 is 11.6 Å². The number of rotatable bonds is 7. The van der Waals surface area contributed by atoms with Crippen molar-refractivity contribution in [1.82, 2.24) is 9.88 Å². The Morgan fingerprint density at radius 3 is 2.55 bits per heavy atom. The SMILES string of the molecule is CO/N=C\c1cc(C#Cc2ccc(-c3ccc(Cl)cc3)cn2)ccc1OCCN1CCCC1. The minimum Gasteiger partial charge on any atom is -0.492 e. The second-order valence-electron chi connectivity index (χ2n) is 7.76. The van der Waals surface area contributed by atoms with Crippen LogP contribution < -0.4 is 4.74 Å². The lowest BCUT2D eigenvalue weighted by atomic mass is 10.1. The maximum absolute atomic E-state index is 6.02. The van der Waals surface area contributed by atoms with Gasteiger partial charge in [-0.2, -0.15) is 0 Å². The van der Waals surface area contributed by atoms with Gasteiger partial charge in [-0.15, -0.1) is 0 Å². The summed E-state index contributed by atoms with van der Waals surface area (Å²) in [7, 11) is 1.52. The van der Waals surface area contributed by atoms with E-state index >= 15 is 0 Å². The third kappa shape index (κ3) is 6.58. The van der Waals surface area contributed by atoms with Gasteiger partial charge < -0.3 is 9.57 Å². The standard InChI is InChI=1S/C27H26ClN3O2/c1-32-30-20-24-18-21(5-13-27(24)33-17-16-31-14-2-3-15-31)4-11-26-12-8-23(19-29-26)22-6-9-25(28)10-7-22/h5-10,12-13,18-20H,2-3,14-17H2,1H3/b30-20-. The summed E-state index contributed by atoms with van der Waals surface area (Å²) in [5, 5.41) is 4.62. The van der Waals surface area contributed by atoms with E-state index in [0.717, 1.165) is 47.6 Å². The molecule has 2 heterocycles. The molecule has 1 aromatic heterocycles. The first kappa shape index (κ1) is 22.8. The smallest absolute Gasteiger partial charge is 0.128 e. The Bertz CT molecular complexity index is 1140. The van der Waals surface area contributed by atoms with E-state index in [1.807, 2.05) is 60.8 Å². The monoisotopic (exact) mass is 459 g/mol. The summed E-state index contributed by atoms with van der Waals surface area (Å²) in [6.07, 6.45) is 6.02. The van der Waals surface area contributed by atoms with Gasteiger partial charge in [-0.25, -0.2) is 4.98 Å². The molecule has 5 nitrogen and oxygen atoms in total. The highest BCUT2D eigenvalue weighted by Crippen LogP contribution is 2.21. The summed E-state index contributed by atoms with van der Waals surface area (Å²) in [5.74, 6) is 7.07. The Hall–Kier alpha value is -3.33. The van der Waals surface area contributed by atoms with Crippen LogP contribution in [0.1, 0.15) is 29.7 Å². The number of hydrogen-bond acceptors (Lipinski definition) is 5. The zero-order valence-electron chi connectivity index (χ0n) is 18.6. The zero-order chi connectivity index (χ0) is 22.9. The van der Waals surface area contributed by atoms with E-state index in [4.69, 9.17) is 21.2 Å². The predicted octanol–water partition coefficient (Wildman–Crippen LogP) is 5.26. The summed E-state index contributed by atoms with van der Waals surface area (Å²) in [5.41, 5.74) is 4.46. The van der Waals surface area contributed by atoms with Gasteiger partial charge in [-0.1, -0.05) is 40.9 Å². The fourth-order valence-corrected chi connectivity index (χ4v) is 3.80. The van der Waals surface area contributed by atoms with Crippen LogP contribution in [0.3, 0.4) is 0 Å². The second kappa shape index (κ2) is 11.5. The number of hydrogen-bond donors (Lipinski definition) is 0. The van der Waals surface area contributed by atoms with Crippen LogP contribution in [0.2, 0.25) is 5.02 Å². The number of aromatic nitrogens is 1. The van der Waals surface area contributed by atoms with Crippen LogP contribution in [0.25, 0.3) is 11.1 Å². The topological polar surface area (TPSA) is 47.0 Å². The van der Waals surface area contributed by atoms with E-state index in [2.05, 4.69) is 26.9 Å². The van der Waals surface area contributed by atoms with Crippen LogP contribution in [0, 0.1) is 11.8 Å². The first-order valence-corrected chi connectivity index (χ1v) is 11.4. The number of nitrogens with zero attached hydrogens (tertiary/aromatic N) is 3.